The molecular weight excluding hydrogens is 352 g/mol. The van der Waals surface area contributed by atoms with Crippen molar-refractivity contribution in [3.63, 3.8) is 0 Å². The minimum absolute atomic E-state index is 0.252. The third-order valence-electron chi connectivity index (χ3n) is 3.90. The molecule has 0 aliphatic heterocycles. The topological polar surface area (TPSA) is 83.1 Å². The van der Waals surface area contributed by atoms with Crippen LogP contribution in [-0.2, 0) is 4.79 Å². The fraction of sp³-hybridized carbons (Fsp3) is 0.0455. The van der Waals surface area contributed by atoms with Gasteiger partial charge < -0.3 is 16.0 Å². The molecule has 28 heavy (non-hydrogen) atoms. The normalized spacial score (nSPS) is 10.6. The zero-order chi connectivity index (χ0) is 19.8. The highest BCUT2D eigenvalue weighted by atomic mass is 16.2. The van der Waals surface area contributed by atoms with E-state index in [1.165, 1.54) is 6.08 Å². The summed E-state index contributed by atoms with van der Waals surface area (Å²) >= 11 is 0. The number of para-hydroxylation sites is 1. The molecule has 0 radical (unpaired) electrons. The summed E-state index contributed by atoms with van der Waals surface area (Å²) in [6, 6.07) is 16.2. The molecule has 0 fully saturated rings. The van der Waals surface area contributed by atoms with Crippen LogP contribution in [0, 0.1) is 0 Å². The van der Waals surface area contributed by atoms with Gasteiger partial charge in [-0.15, -0.1) is 6.58 Å². The summed E-state index contributed by atoms with van der Waals surface area (Å²) in [4.78, 5) is 28.2. The number of fused-ring (bicyclic) bond motifs is 1. The second-order valence-electron chi connectivity index (χ2n) is 5.95. The molecule has 6 heteroatoms. The van der Waals surface area contributed by atoms with Gasteiger partial charge in [0.05, 0.1) is 5.52 Å². The number of hydrogen-bond donors (Lipinski definition) is 3. The molecule has 1 aromatic heterocycles. The molecule has 0 saturated heterocycles. The number of pyridine rings is 1. The molecule has 6 nitrogen and oxygen atoms in total. The van der Waals surface area contributed by atoms with Gasteiger partial charge in [-0.05, 0) is 36.4 Å². The molecule has 3 amide bonds. The van der Waals surface area contributed by atoms with Crippen molar-refractivity contribution in [2.75, 3.05) is 17.2 Å². The second kappa shape index (κ2) is 9.14. The van der Waals surface area contributed by atoms with Crippen LogP contribution < -0.4 is 16.0 Å². The Morgan fingerprint density at radius 3 is 2.43 bits per heavy atom. The van der Waals surface area contributed by atoms with E-state index < -0.39 is 0 Å². The summed E-state index contributed by atoms with van der Waals surface area (Å²) in [6.07, 6.45) is 6.54. The molecule has 2 aromatic carbocycles. The predicted molar refractivity (Wildman–Crippen MR) is 113 cm³/mol. The van der Waals surface area contributed by atoms with E-state index in [-0.39, 0.29) is 11.9 Å². The van der Waals surface area contributed by atoms with Crippen molar-refractivity contribution < 1.29 is 9.59 Å². The van der Waals surface area contributed by atoms with Crippen molar-refractivity contribution in [2.24, 2.45) is 0 Å². The number of amides is 3. The maximum atomic E-state index is 12.2. The highest BCUT2D eigenvalue weighted by Crippen LogP contribution is 2.17. The molecule has 3 aromatic rings. The van der Waals surface area contributed by atoms with Crippen LogP contribution in [0.15, 0.2) is 79.5 Å². The summed E-state index contributed by atoms with van der Waals surface area (Å²) in [6.45, 7) is 3.92. The van der Waals surface area contributed by atoms with Gasteiger partial charge in [0.15, 0.2) is 0 Å². The fourth-order valence-electron chi connectivity index (χ4n) is 2.59. The Labute approximate surface area is 163 Å². The number of rotatable bonds is 6. The first kappa shape index (κ1) is 18.8. The van der Waals surface area contributed by atoms with Crippen molar-refractivity contribution in [1.29, 1.82) is 0 Å². The lowest BCUT2D eigenvalue weighted by atomic mass is 10.1. The van der Waals surface area contributed by atoms with Crippen LogP contribution in [0.25, 0.3) is 17.0 Å². The third-order valence-corrected chi connectivity index (χ3v) is 3.90. The summed E-state index contributed by atoms with van der Waals surface area (Å²) in [5.74, 6) is -0.252. The highest BCUT2D eigenvalue weighted by Gasteiger charge is 2.03. The minimum atomic E-state index is -0.316. The predicted octanol–water partition coefficient (Wildman–Crippen LogP) is 4.19. The quantitative estimate of drug-likeness (QED) is 0.448. The van der Waals surface area contributed by atoms with Crippen LogP contribution in [0.4, 0.5) is 16.2 Å². The summed E-state index contributed by atoms with van der Waals surface area (Å²) in [5.41, 5.74) is 2.97. The summed E-state index contributed by atoms with van der Waals surface area (Å²) in [5, 5.41) is 9.12. The Balaban J connectivity index is 1.60. The maximum absolute atomic E-state index is 12.2. The molecule has 0 spiro atoms. The van der Waals surface area contributed by atoms with E-state index in [9.17, 15) is 9.59 Å². The smallest absolute Gasteiger partial charge is 0.319 e. The third kappa shape index (κ3) is 5.04. The Morgan fingerprint density at radius 1 is 0.964 bits per heavy atom. The van der Waals surface area contributed by atoms with Gasteiger partial charge in [-0.2, -0.15) is 0 Å². The van der Waals surface area contributed by atoms with E-state index in [1.807, 2.05) is 30.3 Å². The molecule has 0 atom stereocenters. The monoisotopic (exact) mass is 372 g/mol. The van der Waals surface area contributed by atoms with Gasteiger partial charge in [-0.1, -0.05) is 30.3 Å². The Bertz CT molecular complexity index is 1020. The Kier molecular flexibility index (Phi) is 6.15. The molecule has 1 heterocycles. The molecule has 0 aliphatic carbocycles. The minimum Gasteiger partial charge on any atom is -0.334 e. The van der Waals surface area contributed by atoms with Crippen molar-refractivity contribution in [1.82, 2.24) is 10.3 Å². The lowest BCUT2D eigenvalue weighted by Gasteiger charge is -2.07. The largest absolute Gasteiger partial charge is 0.334 e. The van der Waals surface area contributed by atoms with Gasteiger partial charge >= 0.3 is 6.03 Å². The van der Waals surface area contributed by atoms with E-state index in [1.54, 1.807) is 42.6 Å². The number of nitrogens with one attached hydrogen (secondary N) is 3. The van der Waals surface area contributed by atoms with E-state index in [4.69, 9.17) is 0 Å². The second-order valence-corrected chi connectivity index (χ2v) is 5.95. The van der Waals surface area contributed by atoms with Crippen molar-refractivity contribution in [2.45, 2.75) is 0 Å². The van der Waals surface area contributed by atoms with Crippen LogP contribution in [0.5, 0.6) is 0 Å². The number of nitrogens with zero attached hydrogens (tertiary/aromatic N) is 1. The number of aromatic nitrogens is 1. The van der Waals surface area contributed by atoms with E-state index in [0.29, 0.717) is 17.9 Å². The summed E-state index contributed by atoms with van der Waals surface area (Å²) in [7, 11) is 0. The van der Waals surface area contributed by atoms with Crippen LogP contribution in [-0.4, -0.2) is 23.5 Å². The van der Waals surface area contributed by atoms with Gasteiger partial charge in [-0.3, -0.25) is 9.78 Å². The number of urea groups is 1. The highest BCUT2D eigenvalue weighted by molar-refractivity contribution is 6.03. The number of hydrogen-bond acceptors (Lipinski definition) is 3. The first-order valence-electron chi connectivity index (χ1n) is 8.74. The fourth-order valence-corrected chi connectivity index (χ4v) is 2.59. The maximum Gasteiger partial charge on any atom is 0.319 e. The molecule has 0 aliphatic rings. The van der Waals surface area contributed by atoms with Crippen molar-refractivity contribution in [3.8, 4) is 0 Å². The van der Waals surface area contributed by atoms with Crippen LogP contribution in [0.3, 0.4) is 0 Å². The van der Waals surface area contributed by atoms with Gasteiger partial charge in [0, 0.05) is 41.1 Å². The van der Waals surface area contributed by atoms with E-state index >= 15 is 0 Å². The number of carbonyl (C=O) groups excluding carboxylic acids is 2. The van der Waals surface area contributed by atoms with E-state index in [2.05, 4.69) is 27.5 Å². The lowest BCUT2D eigenvalue weighted by molar-refractivity contribution is -0.111. The van der Waals surface area contributed by atoms with Crippen LogP contribution in [0.1, 0.15) is 5.56 Å². The SMILES string of the molecule is C=CCNC(=O)Nc1ccc(NC(=O)/C=C/c2cccc3cccnc23)cc1. The number of benzene rings is 2. The first-order chi connectivity index (χ1) is 13.7. The average Bonchev–Trinajstić information content (AvgIpc) is 2.72. The van der Waals surface area contributed by atoms with Gasteiger partial charge in [-0.25, -0.2) is 4.79 Å². The standard InChI is InChI=1S/C22H20N4O2/c1-2-14-24-22(28)26-19-11-9-18(10-12-19)25-20(27)13-8-17-6-3-5-16-7-4-15-23-21(16)17/h2-13,15H,1,14H2,(H,25,27)(H2,24,26,28)/b13-8+. The zero-order valence-electron chi connectivity index (χ0n) is 15.2. The molecule has 3 N–H and O–H groups in total. The van der Waals surface area contributed by atoms with Gasteiger partial charge in [0.1, 0.15) is 0 Å². The number of carbonyl (C=O) groups is 2. The molecule has 0 unspecified atom stereocenters. The van der Waals surface area contributed by atoms with Gasteiger partial charge in [0.2, 0.25) is 5.91 Å². The molecule has 140 valence electrons. The van der Waals surface area contributed by atoms with E-state index in [0.717, 1.165) is 16.5 Å². The van der Waals surface area contributed by atoms with Crippen LogP contribution >= 0.6 is 0 Å². The Morgan fingerprint density at radius 2 is 1.68 bits per heavy atom. The zero-order valence-corrected chi connectivity index (χ0v) is 15.2. The average molecular weight is 372 g/mol. The van der Waals surface area contributed by atoms with Crippen molar-refractivity contribution >= 4 is 40.3 Å². The molecule has 0 saturated carbocycles. The molecular formula is C22H20N4O2. The van der Waals surface area contributed by atoms with Crippen molar-refractivity contribution in [3.05, 3.63) is 85.1 Å². The number of anilines is 2. The lowest BCUT2D eigenvalue weighted by Crippen LogP contribution is -2.28. The van der Waals surface area contributed by atoms with Crippen LogP contribution in [0.2, 0.25) is 0 Å². The van der Waals surface area contributed by atoms with Gasteiger partial charge in [0.25, 0.3) is 0 Å². The first-order valence-corrected chi connectivity index (χ1v) is 8.74. The summed E-state index contributed by atoms with van der Waals surface area (Å²) < 4.78 is 0. The Hall–Kier alpha value is -3.93. The molecule has 0 bridgehead atoms. The molecule has 3 rings (SSSR count).